The van der Waals surface area contributed by atoms with Crippen molar-refractivity contribution < 1.29 is 18.7 Å². The van der Waals surface area contributed by atoms with Gasteiger partial charge in [-0.3, -0.25) is 4.79 Å². The first-order chi connectivity index (χ1) is 11.1. The van der Waals surface area contributed by atoms with Crippen LogP contribution in [0.2, 0.25) is 0 Å². The molecule has 6 heteroatoms. The molecule has 1 aromatic heterocycles. The lowest BCUT2D eigenvalue weighted by Gasteiger charge is -2.11. The first-order valence-electron chi connectivity index (χ1n) is 6.98. The van der Waals surface area contributed by atoms with E-state index in [9.17, 15) is 14.0 Å². The number of thiophene rings is 1. The standard InChI is InChI=1S/C17H16FNO3S/c1-12(15-7-4-10-23-15)19-16(20)11-22-17(21)9-8-13-5-2-3-6-14(13)18/h2-10,12H,11H2,1H3,(H,19,20)/b9-8+/t12-/m0/s1. The highest BCUT2D eigenvalue weighted by atomic mass is 32.1. The van der Waals surface area contributed by atoms with Gasteiger partial charge in [0.05, 0.1) is 6.04 Å². The first kappa shape index (κ1) is 16.9. The molecular formula is C17H16FNO3S. The highest BCUT2D eigenvalue weighted by molar-refractivity contribution is 7.10. The van der Waals surface area contributed by atoms with E-state index in [4.69, 9.17) is 4.74 Å². The molecule has 1 aromatic carbocycles. The van der Waals surface area contributed by atoms with Crippen molar-refractivity contribution in [1.82, 2.24) is 5.32 Å². The maximum atomic E-state index is 13.4. The van der Waals surface area contributed by atoms with E-state index in [1.807, 2.05) is 24.4 Å². The molecule has 0 fully saturated rings. The molecule has 23 heavy (non-hydrogen) atoms. The topological polar surface area (TPSA) is 55.4 Å². The van der Waals surface area contributed by atoms with E-state index in [1.54, 1.807) is 12.1 Å². The van der Waals surface area contributed by atoms with Crippen LogP contribution in [0.5, 0.6) is 0 Å². The van der Waals surface area contributed by atoms with Gasteiger partial charge in [0.25, 0.3) is 5.91 Å². The molecule has 0 radical (unpaired) electrons. The van der Waals surface area contributed by atoms with Gasteiger partial charge < -0.3 is 10.1 Å². The van der Waals surface area contributed by atoms with Crippen LogP contribution in [0.3, 0.4) is 0 Å². The van der Waals surface area contributed by atoms with Gasteiger partial charge in [0.2, 0.25) is 0 Å². The van der Waals surface area contributed by atoms with Gasteiger partial charge in [-0.05, 0) is 30.5 Å². The number of nitrogens with one attached hydrogen (secondary N) is 1. The number of esters is 1. The summed E-state index contributed by atoms with van der Waals surface area (Å²) in [6.07, 6.45) is 2.40. The zero-order valence-corrected chi connectivity index (χ0v) is 13.3. The van der Waals surface area contributed by atoms with Gasteiger partial charge in [-0.15, -0.1) is 11.3 Å². The summed E-state index contributed by atoms with van der Waals surface area (Å²) in [5.41, 5.74) is 0.278. The van der Waals surface area contributed by atoms with E-state index in [2.05, 4.69) is 5.32 Å². The Kier molecular flexibility index (Phi) is 6.05. The quantitative estimate of drug-likeness (QED) is 0.652. The second-order valence-electron chi connectivity index (χ2n) is 4.77. The van der Waals surface area contributed by atoms with E-state index >= 15 is 0 Å². The molecule has 0 aliphatic heterocycles. The maximum Gasteiger partial charge on any atom is 0.331 e. The number of hydrogen-bond acceptors (Lipinski definition) is 4. The summed E-state index contributed by atoms with van der Waals surface area (Å²) in [4.78, 5) is 24.3. The van der Waals surface area contributed by atoms with Crippen LogP contribution in [-0.4, -0.2) is 18.5 Å². The molecule has 0 bridgehead atoms. The summed E-state index contributed by atoms with van der Waals surface area (Å²) in [5, 5.41) is 4.65. The third kappa shape index (κ3) is 5.34. The maximum absolute atomic E-state index is 13.4. The lowest BCUT2D eigenvalue weighted by Crippen LogP contribution is -2.30. The molecule has 2 rings (SSSR count). The van der Waals surface area contributed by atoms with Gasteiger partial charge in [0.15, 0.2) is 6.61 Å². The number of hydrogen-bond donors (Lipinski definition) is 1. The van der Waals surface area contributed by atoms with Crippen molar-refractivity contribution in [3.8, 4) is 0 Å². The Morgan fingerprint density at radius 1 is 1.30 bits per heavy atom. The Morgan fingerprint density at radius 3 is 2.78 bits per heavy atom. The van der Waals surface area contributed by atoms with Crippen LogP contribution in [0.4, 0.5) is 4.39 Å². The van der Waals surface area contributed by atoms with Crippen molar-refractivity contribution >= 4 is 29.3 Å². The van der Waals surface area contributed by atoms with Gasteiger partial charge in [0.1, 0.15) is 5.82 Å². The molecular weight excluding hydrogens is 317 g/mol. The monoisotopic (exact) mass is 333 g/mol. The average Bonchev–Trinajstić information content (AvgIpc) is 3.06. The largest absolute Gasteiger partial charge is 0.452 e. The van der Waals surface area contributed by atoms with Crippen LogP contribution in [0, 0.1) is 5.82 Å². The Labute approximate surface area is 137 Å². The van der Waals surface area contributed by atoms with Crippen LogP contribution in [0.1, 0.15) is 23.4 Å². The van der Waals surface area contributed by atoms with Crippen molar-refractivity contribution in [2.24, 2.45) is 0 Å². The van der Waals surface area contributed by atoms with Gasteiger partial charge in [-0.25, -0.2) is 9.18 Å². The molecule has 120 valence electrons. The van der Waals surface area contributed by atoms with Crippen LogP contribution >= 0.6 is 11.3 Å². The zero-order valence-electron chi connectivity index (χ0n) is 12.5. The molecule has 0 saturated heterocycles. The summed E-state index contributed by atoms with van der Waals surface area (Å²) < 4.78 is 18.2. The molecule has 0 unspecified atom stereocenters. The number of ether oxygens (including phenoxy) is 1. The fourth-order valence-corrected chi connectivity index (χ4v) is 2.58. The van der Waals surface area contributed by atoms with Gasteiger partial charge in [-0.1, -0.05) is 24.3 Å². The van der Waals surface area contributed by atoms with Crippen LogP contribution < -0.4 is 5.32 Å². The van der Waals surface area contributed by atoms with Crippen molar-refractivity contribution in [3.63, 3.8) is 0 Å². The summed E-state index contributed by atoms with van der Waals surface area (Å²) in [6, 6.07) is 9.72. The summed E-state index contributed by atoms with van der Waals surface area (Å²) in [5.74, 6) is -1.52. The first-order valence-corrected chi connectivity index (χ1v) is 7.86. The number of carbonyl (C=O) groups excluding carboxylic acids is 2. The predicted molar refractivity (Wildman–Crippen MR) is 87.3 cm³/mol. The Bertz CT molecular complexity index is 698. The average molecular weight is 333 g/mol. The van der Waals surface area contributed by atoms with E-state index in [0.717, 1.165) is 11.0 Å². The molecule has 1 atom stereocenters. The normalized spacial score (nSPS) is 12.1. The third-order valence-corrected chi connectivity index (χ3v) is 4.05. The molecule has 2 aromatic rings. The Hall–Kier alpha value is -2.47. The summed E-state index contributed by atoms with van der Waals surface area (Å²) in [7, 11) is 0. The third-order valence-electron chi connectivity index (χ3n) is 3.00. The van der Waals surface area contributed by atoms with Crippen molar-refractivity contribution in [2.75, 3.05) is 6.61 Å². The Balaban J connectivity index is 1.78. The van der Waals surface area contributed by atoms with E-state index in [1.165, 1.54) is 29.5 Å². The lowest BCUT2D eigenvalue weighted by atomic mass is 10.2. The Morgan fingerprint density at radius 2 is 2.09 bits per heavy atom. The molecule has 0 aliphatic carbocycles. The summed E-state index contributed by atoms with van der Waals surface area (Å²) >= 11 is 1.54. The smallest absolute Gasteiger partial charge is 0.331 e. The number of benzene rings is 1. The van der Waals surface area contributed by atoms with Crippen LogP contribution in [0.25, 0.3) is 6.08 Å². The van der Waals surface area contributed by atoms with Crippen LogP contribution in [-0.2, 0) is 14.3 Å². The second-order valence-corrected chi connectivity index (χ2v) is 5.75. The predicted octanol–water partition coefficient (Wildman–Crippen LogP) is 3.32. The number of amides is 1. The minimum absolute atomic E-state index is 0.143. The van der Waals surface area contributed by atoms with Crippen molar-refractivity contribution in [1.29, 1.82) is 0 Å². The van der Waals surface area contributed by atoms with E-state index < -0.39 is 17.7 Å². The van der Waals surface area contributed by atoms with Gasteiger partial charge in [-0.2, -0.15) is 0 Å². The SMILES string of the molecule is C[C@H](NC(=O)COC(=O)/C=C/c1ccccc1F)c1cccs1. The molecule has 4 nitrogen and oxygen atoms in total. The van der Waals surface area contributed by atoms with Crippen molar-refractivity contribution in [2.45, 2.75) is 13.0 Å². The minimum Gasteiger partial charge on any atom is -0.452 e. The minimum atomic E-state index is -0.702. The lowest BCUT2D eigenvalue weighted by molar-refractivity contribution is -0.144. The molecule has 0 saturated carbocycles. The second kappa shape index (κ2) is 8.24. The highest BCUT2D eigenvalue weighted by Crippen LogP contribution is 2.17. The summed E-state index contributed by atoms with van der Waals surface area (Å²) in [6.45, 7) is 1.47. The number of carbonyl (C=O) groups is 2. The molecule has 1 N–H and O–H groups in total. The molecule has 0 aliphatic rings. The molecule has 0 spiro atoms. The van der Waals surface area contributed by atoms with Gasteiger partial charge in [0, 0.05) is 16.5 Å². The van der Waals surface area contributed by atoms with Gasteiger partial charge >= 0.3 is 5.97 Å². The number of halogens is 1. The molecule has 1 amide bonds. The van der Waals surface area contributed by atoms with Crippen molar-refractivity contribution in [3.05, 3.63) is 64.1 Å². The fraction of sp³-hybridized carbons (Fsp3) is 0.176. The fourth-order valence-electron chi connectivity index (χ4n) is 1.84. The van der Waals surface area contributed by atoms with E-state index in [-0.39, 0.29) is 18.2 Å². The highest BCUT2D eigenvalue weighted by Gasteiger charge is 2.11. The van der Waals surface area contributed by atoms with E-state index in [0.29, 0.717) is 0 Å². The van der Waals surface area contributed by atoms with Crippen LogP contribution in [0.15, 0.2) is 47.9 Å². The number of rotatable bonds is 6. The molecule has 1 heterocycles. The zero-order chi connectivity index (χ0) is 16.7.